The second-order valence-corrected chi connectivity index (χ2v) is 8.96. The highest BCUT2D eigenvalue weighted by atomic mass is 35.5. The molecular weight excluding hydrogens is 433 g/mol. The van der Waals surface area contributed by atoms with Gasteiger partial charge < -0.3 is 10.6 Å². The molecule has 1 fully saturated rings. The highest BCUT2D eigenvalue weighted by Gasteiger charge is 2.34. The zero-order chi connectivity index (χ0) is 20.1. The zero-order valence-corrected chi connectivity index (χ0v) is 17.1. The molecule has 0 unspecified atom stereocenters. The number of carbonyl (C=O) groups excluding carboxylic acids is 1. The third-order valence-electron chi connectivity index (χ3n) is 4.25. The second-order valence-electron chi connectivity index (χ2n) is 6.35. The predicted octanol–water partition coefficient (Wildman–Crippen LogP) is 5.69. The zero-order valence-electron chi connectivity index (χ0n) is 14.7. The van der Waals surface area contributed by atoms with E-state index in [-0.39, 0.29) is 10.8 Å². The topological polar surface area (TPSA) is 66.9 Å². The predicted molar refractivity (Wildman–Crippen MR) is 106 cm³/mol. The average molecular weight is 451 g/mol. The van der Waals surface area contributed by atoms with Crippen molar-refractivity contribution in [3.05, 3.63) is 28.8 Å². The van der Waals surface area contributed by atoms with Crippen molar-refractivity contribution in [3.8, 4) is 0 Å². The number of hydrogen-bond donors (Lipinski definition) is 2. The van der Waals surface area contributed by atoms with Crippen LogP contribution in [0, 0.1) is 0 Å². The van der Waals surface area contributed by atoms with Crippen LogP contribution in [0.15, 0.2) is 22.5 Å². The molecule has 2 N–H and O–H groups in total. The van der Waals surface area contributed by atoms with Gasteiger partial charge in [-0.1, -0.05) is 60.0 Å². The minimum atomic E-state index is -4.61. The first-order valence-electron chi connectivity index (χ1n) is 8.71. The lowest BCUT2D eigenvalue weighted by Crippen LogP contribution is -2.21. The molecule has 0 atom stereocenters. The Morgan fingerprint density at radius 2 is 2.00 bits per heavy atom. The standard InChI is InChI=1S/C17H18ClF3N4OS2/c18-12-8-4-7-11(17(19,20)21)14(12)23-13(26)9-27-16-25-24-15(28-16)22-10-5-2-1-3-6-10/h4,7-8,10H,1-3,5-6,9H2,(H,22,24)(H,23,26). The Morgan fingerprint density at radius 1 is 1.25 bits per heavy atom. The molecule has 1 amide bonds. The van der Waals surface area contributed by atoms with Gasteiger partial charge >= 0.3 is 6.18 Å². The fraction of sp³-hybridized carbons (Fsp3) is 0.471. The normalized spacial score (nSPS) is 15.4. The summed E-state index contributed by atoms with van der Waals surface area (Å²) in [4.78, 5) is 12.1. The Balaban J connectivity index is 1.55. The minimum Gasteiger partial charge on any atom is -0.357 e. The van der Waals surface area contributed by atoms with Crippen LogP contribution in [0.3, 0.4) is 0 Å². The van der Waals surface area contributed by atoms with E-state index in [1.54, 1.807) is 0 Å². The molecule has 0 spiro atoms. The van der Waals surface area contributed by atoms with Gasteiger partial charge in [-0.15, -0.1) is 10.2 Å². The minimum absolute atomic E-state index is 0.0966. The molecule has 5 nitrogen and oxygen atoms in total. The Hall–Kier alpha value is -1.52. The summed E-state index contributed by atoms with van der Waals surface area (Å²) in [6.45, 7) is 0. The summed E-state index contributed by atoms with van der Waals surface area (Å²) < 4.78 is 39.8. The number of anilines is 2. The number of para-hydroxylation sites is 1. The van der Waals surface area contributed by atoms with Gasteiger partial charge in [0.1, 0.15) is 0 Å². The number of benzene rings is 1. The van der Waals surface area contributed by atoms with Crippen LogP contribution < -0.4 is 10.6 Å². The van der Waals surface area contributed by atoms with Gasteiger partial charge in [-0.2, -0.15) is 13.2 Å². The van der Waals surface area contributed by atoms with E-state index >= 15 is 0 Å². The van der Waals surface area contributed by atoms with Gasteiger partial charge in [0, 0.05) is 6.04 Å². The van der Waals surface area contributed by atoms with E-state index < -0.39 is 23.3 Å². The summed E-state index contributed by atoms with van der Waals surface area (Å²) in [6.07, 6.45) is 1.24. The first-order chi connectivity index (χ1) is 13.3. The van der Waals surface area contributed by atoms with Crippen LogP contribution in [-0.4, -0.2) is 27.9 Å². The van der Waals surface area contributed by atoms with E-state index in [4.69, 9.17) is 11.6 Å². The van der Waals surface area contributed by atoms with Crippen molar-refractivity contribution in [3.63, 3.8) is 0 Å². The molecule has 0 aliphatic heterocycles. The van der Waals surface area contributed by atoms with Gasteiger partial charge in [-0.05, 0) is 25.0 Å². The molecule has 2 aromatic rings. The number of nitrogens with one attached hydrogen (secondary N) is 2. The molecule has 1 saturated carbocycles. The molecule has 152 valence electrons. The lowest BCUT2D eigenvalue weighted by molar-refractivity contribution is -0.137. The lowest BCUT2D eigenvalue weighted by Gasteiger charge is -2.21. The van der Waals surface area contributed by atoms with Crippen LogP contribution in [0.5, 0.6) is 0 Å². The first kappa shape index (κ1) is 21.2. The van der Waals surface area contributed by atoms with E-state index in [0.29, 0.717) is 15.5 Å². The Kier molecular flexibility index (Phi) is 7.05. The van der Waals surface area contributed by atoms with E-state index in [1.165, 1.54) is 42.7 Å². The molecular formula is C17H18ClF3N4OS2. The van der Waals surface area contributed by atoms with Crippen LogP contribution in [0.25, 0.3) is 0 Å². The van der Waals surface area contributed by atoms with Crippen molar-refractivity contribution in [2.75, 3.05) is 16.4 Å². The maximum Gasteiger partial charge on any atom is 0.418 e. The highest BCUT2D eigenvalue weighted by molar-refractivity contribution is 8.01. The van der Waals surface area contributed by atoms with Crippen molar-refractivity contribution >= 4 is 51.4 Å². The number of aromatic nitrogens is 2. The molecule has 3 rings (SSSR count). The van der Waals surface area contributed by atoms with E-state index in [1.807, 2.05) is 0 Å². The maximum atomic E-state index is 13.1. The quantitative estimate of drug-likeness (QED) is 0.554. The smallest absolute Gasteiger partial charge is 0.357 e. The third-order valence-corrected chi connectivity index (χ3v) is 6.55. The Morgan fingerprint density at radius 3 is 2.71 bits per heavy atom. The summed E-state index contributed by atoms with van der Waals surface area (Å²) in [6, 6.07) is 3.76. The number of nitrogens with zero attached hydrogens (tertiary/aromatic N) is 2. The summed E-state index contributed by atoms with van der Waals surface area (Å²) in [5, 5.41) is 14.2. The number of hydrogen-bond acceptors (Lipinski definition) is 6. The van der Waals surface area contributed by atoms with Crippen LogP contribution in [0.2, 0.25) is 5.02 Å². The number of amides is 1. The largest absolute Gasteiger partial charge is 0.418 e. The Bertz CT molecular complexity index is 825. The molecule has 1 aliphatic rings. The van der Waals surface area contributed by atoms with Crippen molar-refractivity contribution in [1.29, 1.82) is 0 Å². The number of rotatable bonds is 6. The fourth-order valence-electron chi connectivity index (χ4n) is 2.94. The molecule has 1 aliphatic carbocycles. The van der Waals surface area contributed by atoms with Crippen molar-refractivity contribution in [2.45, 2.75) is 48.7 Å². The van der Waals surface area contributed by atoms with Crippen LogP contribution in [-0.2, 0) is 11.0 Å². The van der Waals surface area contributed by atoms with Crippen LogP contribution >= 0.6 is 34.7 Å². The summed E-state index contributed by atoms with van der Waals surface area (Å²) in [7, 11) is 0. The second kappa shape index (κ2) is 9.32. The monoisotopic (exact) mass is 450 g/mol. The third kappa shape index (κ3) is 5.74. The molecule has 1 aromatic heterocycles. The maximum absolute atomic E-state index is 13.1. The summed E-state index contributed by atoms with van der Waals surface area (Å²) in [5.41, 5.74) is -1.41. The van der Waals surface area contributed by atoms with E-state index in [2.05, 4.69) is 20.8 Å². The van der Waals surface area contributed by atoms with Gasteiger partial charge in [-0.3, -0.25) is 4.79 Å². The molecule has 1 heterocycles. The average Bonchev–Trinajstić information content (AvgIpc) is 3.09. The number of alkyl halides is 3. The summed E-state index contributed by atoms with van der Waals surface area (Å²) >= 11 is 8.29. The highest BCUT2D eigenvalue weighted by Crippen LogP contribution is 2.38. The first-order valence-corrected chi connectivity index (χ1v) is 10.9. The molecule has 0 radical (unpaired) electrons. The molecule has 1 aromatic carbocycles. The van der Waals surface area contributed by atoms with Crippen molar-refractivity contribution < 1.29 is 18.0 Å². The van der Waals surface area contributed by atoms with Crippen molar-refractivity contribution in [1.82, 2.24) is 10.2 Å². The lowest BCUT2D eigenvalue weighted by atomic mass is 9.96. The summed E-state index contributed by atoms with van der Waals surface area (Å²) in [5.74, 6) is -0.693. The number of halogens is 4. The van der Waals surface area contributed by atoms with Gasteiger partial charge in [0.05, 0.1) is 22.0 Å². The van der Waals surface area contributed by atoms with E-state index in [9.17, 15) is 18.0 Å². The van der Waals surface area contributed by atoms with Crippen LogP contribution in [0.4, 0.5) is 24.0 Å². The van der Waals surface area contributed by atoms with Gasteiger partial charge in [0.25, 0.3) is 0 Å². The van der Waals surface area contributed by atoms with Gasteiger partial charge in [-0.25, -0.2) is 0 Å². The molecule has 0 bridgehead atoms. The Labute approximate surface area is 173 Å². The number of carbonyl (C=O) groups is 1. The molecule has 28 heavy (non-hydrogen) atoms. The van der Waals surface area contributed by atoms with Crippen molar-refractivity contribution in [2.24, 2.45) is 0 Å². The van der Waals surface area contributed by atoms with Gasteiger partial charge in [0.2, 0.25) is 11.0 Å². The van der Waals surface area contributed by atoms with E-state index in [0.717, 1.165) is 30.7 Å². The molecule has 0 saturated heterocycles. The van der Waals surface area contributed by atoms with Crippen LogP contribution in [0.1, 0.15) is 37.7 Å². The number of thioether (sulfide) groups is 1. The molecule has 11 heteroatoms. The van der Waals surface area contributed by atoms with Gasteiger partial charge in [0.15, 0.2) is 4.34 Å². The SMILES string of the molecule is O=C(CSc1nnc(NC2CCCCC2)s1)Nc1c(Cl)cccc1C(F)(F)F. The fourth-order valence-corrected chi connectivity index (χ4v) is 4.79.